The van der Waals surface area contributed by atoms with Crippen LogP contribution in [-0.2, 0) is 6.54 Å². The predicted molar refractivity (Wildman–Crippen MR) is 86.8 cm³/mol. The lowest BCUT2D eigenvalue weighted by Gasteiger charge is -2.26. The molecule has 1 aliphatic heterocycles. The number of carboxylic acids is 1. The molecule has 3 heterocycles. The van der Waals surface area contributed by atoms with E-state index >= 15 is 0 Å². The maximum Gasteiger partial charge on any atom is 0.341 e. The number of fused-ring (bicyclic) bond motifs is 1. The van der Waals surface area contributed by atoms with E-state index in [1.165, 1.54) is 27.8 Å². The monoisotopic (exact) mass is 333 g/mol. The second kappa shape index (κ2) is 6.48. The van der Waals surface area contributed by atoms with Crippen LogP contribution in [0, 0.1) is 0 Å². The van der Waals surface area contributed by atoms with Gasteiger partial charge in [0.15, 0.2) is 11.3 Å². The summed E-state index contributed by atoms with van der Waals surface area (Å²) in [6, 6.07) is 0. The zero-order valence-electron chi connectivity index (χ0n) is 13.1. The summed E-state index contributed by atoms with van der Waals surface area (Å²) in [4.78, 5) is 37.7. The van der Waals surface area contributed by atoms with E-state index in [0.717, 1.165) is 32.1 Å². The van der Waals surface area contributed by atoms with Gasteiger partial charge in [-0.3, -0.25) is 9.59 Å². The summed E-state index contributed by atoms with van der Waals surface area (Å²) in [7, 11) is 0. The number of likely N-dealkylation sites (tertiary alicyclic amines) is 1. The smallest absolute Gasteiger partial charge is 0.341 e. The van der Waals surface area contributed by atoms with E-state index in [-0.39, 0.29) is 5.52 Å². The zero-order valence-corrected chi connectivity index (χ0v) is 13.1. The van der Waals surface area contributed by atoms with E-state index in [1.807, 2.05) is 0 Å². The van der Waals surface area contributed by atoms with Crippen molar-refractivity contribution >= 4 is 11.5 Å². The van der Waals surface area contributed by atoms with Crippen molar-refractivity contribution in [3.05, 3.63) is 44.7 Å². The summed E-state index contributed by atoms with van der Waals surface area (Å²) in [6.45, 7) is 3.18. The first-order valence-electron chi connectivity index (χ1n) is 7.92. The average molecular weight is 333 g/mol. The third kappa shape index (κ3) is 2.92. The summed E-state index contributed by atoms with van der Waals surface area (Å²) in [5.74, 6) is -2.27. The highest BCUT2D eigenvalue weighted by Gasteiger charge is 2.18. The van der Waals surface area contributed by atoms with Gasteiger partial charge in [0, 0.05) is 31.7 Å². The van der Waals surface area contributed by atoms with Gasteiger partial charge in [-0.05, 0) is 25.9 Å². The van der Waals surface area contributed by atoms with Crippen LogP contribution < -0.4 is 11.0 Å². The maximum atomic E-state index is 12.5. The Balaban J connectivity index is 1.97. The van der Waals surface area contributed by atoms with E-state index in [4.69, 9.17) is 5.11 Å². The largest absolute Gasteiger partial charge is 0.503 e. The number of pyridine rings is 1. The zero-order chi connectivity index (χ0) is 17.3. The average Bonchev–Trinajstić information content (AvgIpc) is 2.57. The molecule has 128 valence electrons. The Kier molecular flexibility index (Phi) is 4.39. The van der Waals surface area contributed by atoms with E-state index < -0.39 is 28.3 Å². The molecular formula is C16H19N3O5. The van der Waals surface area contributed by atoms with Gasteiger partial charge in [0.1, 0.15) is 5.56 Å². The highest BCUT2D eigenvalue weighted by molar-refractivity contribution is 5.88. The van der Waals surface area contributed by atoms with Crippen LogP contribution in [0.2, 0.25) is 0 Å². The first kappa shape index (κ1) is 16.3. The molecule has 1 fully saturated rings. The molecular weight excluding hydrogens is 314 g/mol. The highest BCUT2D eigenvalue weighted by atomic mass is 16.4. The van der Waals surface area contributed by atoms with E-state index in [0.29, 0.717) is 13.1 Å². The molecule has 3 rings (SSSR count). The van der Waals surface area contributed by atoms with Gasteiger partial charge in [-0.15, -0.1) is 0 Å². The summed E-state index contributed by atoms with van der Waals surface area (Å²) in [5.41, 5.74) is -2.34. The second-order valence-electron chi connectivity index (χ2n) is 5.98. The second-order valence-corrected chi connectivity index (χ2v) is 5.98. The summed E-state index contributed by atoms with van der Waals surface area (Å²) in [5, 5.41) is 19.0. The number of rotatable bonds is 4. The third-order valence-corrected chi connectivity index (χ3v) is 4.42. The lowest BCUT2D eigenvalue weighted by atomic mass is 10.1. The predicted octanol–water partition coefficient (Wildman–Crippen LogP) is 0.351. The fourth-order valence-electron chi connectivity index (χ4n) is 3.07. The Morgan fingerprint density at radius 3 is 2.46 bits per heavy atom. The molecule has 0 spiro atoms. The molecule has 0 unspecified atom stereocenters. The topological polar surface area (TPSA) is 104 Å². The van der Waals surface area contributed by atoms with Crippen LogP contribution in [0.3, 0.4) is 0 Å². The number of aromatic nitrogens is 2. The molecule has 2 N–H and O–H groups in total. The Bertz CT molecular complexity index is 893. The highest BCUT2D eigenvalue weighted by Crippen LogP contribution is 2.11. The number of hydrogen-bond donors (Lipinski definition) is 2. The first-order valence-corrected chi connectivity index (χ1v) is 7.92. The minimum Gasteiger partial charge on any atom is -0.503 e. The molecule has 2 aromatic heterocycles. The van der Waals surface area contributed by atoms with Crippen LogP contribution in [0.25, 0.3) is 5.52 Å². The SMILES string of the molecule is O=C(O)c1cn2ccn(CCN3CCCCC3)c(=O)c2c(O)c1=O. The van der Waals surface area contributed by atoms with Crippen LogP contribution in [0.4, 0.5) is 0 Å². The van der Waals surface area contributed by atoms with Crippen molar-refractivity contribution in [3.63, 3.8) is 0 Å². The molecule has 0 radical (unpaired) electrons. The summed E-state index contributed by atoms with van der Waals surface area (Å²) >= 11 is 0. The molecule has 8 nitrogen and oxygen atoms in total. The molecule has 1 saturated heterocycles. The molecule has 0 amide bonds. The van der Waals surface area contributed by atoms with Crippen LogP contribution in [0.15, 0.2) is 28.2 Å². The fraction of sp³-hybridized carbons (Fsp3) is 0.438. The summed E-state index contributed by atoms with van der Waals surface area (Å²) in [6.07, 6.45) is 7.60. The first-order chi connectivity index (χ1) is 11.5. The molecule has 0 aliphatic carbocycles. The molecule has 8 heteroatoms. The minimum atomic E-state index is -1.45. The van der Waals surface area contributed by atoms with E-state index in [2.05, 4.69) is 4.90 Å². The molecule has 0 atom stereocenters. The van der Waals surface area contributed by atoms with Gasteiger partial charge in [0.05, 0.1) is 0 Å². The number of piperidine rings is 1. The minimum absolute atomic E-state index is 0.203. The van der Waals surface area contributed by atoms with Crippen molar-refractivity contribution in [2.24, 2.45) is 0 Å². The lowest BCUT2D eigenvalue weighted by Crippen LogP contribution is -2.35. The Morgan fingerprint density at radius 1 is 1.08 bits per heavy atom. The quantitative estimate of drug-likeness (QED) is 0.837. The van der Waals surface area contributed by atoms with Gasteiger partial charge in [-0.1, -0.05) is 6.42 Å². The third-order valence-electron chi connectivity index (χ3n) is 4.42. The number of hydrogen-bond acceptors (Lipinski definition) is 5. The molecule has 0 aromatic carbocycles. The van der Waals surface area contributed by atoms with Crippen molar-refractivity contribution in [3.8, 4) is 5.75 Å². The van der Waals surface area contributed by atoms with Crippen LogP contribution in [0.5, 0.6) is 5.75 Å². The van der Waals surface area contributed by atoms with Crippen LogP contribution in [-0.4, -0.2) is 49.7 Å². The van der Waals surface area contributed by atoms with E-state index in [1.54, 1.807) is 0 Å². The number of nitrogens with zero attached hydrogens (tertiary/aromatic N) is 3. The van der Waals surface area contributed by atoms with Crippen molar-refractivity contribution in [1.29, 1.82) is 0 Å². The normalized spacial score (nSPS) is 15.7. The van der Waals surface area contributed by atoms with Crippen molar-refractivity contribution < 1.29 is 15.0 Å². The maximum absolute atomic E-state index is 12.5. The summed E-state index contributed by atoms with van der Waals surface area (Å²) < 4.78 is 2.61. The molecule has 0 bridgehead atoms. The van der Waals surface area contributed by atoms with Crippen molar-refractivity contribution in [2.75, 3.05) is 19.6 Å². The molecule has 2 aromatic rings. The van der Waals surface area contributed by atoms with Gasteiger partial charge in [0.2, 0.25) is 5.43 Å². The Morgan fingerprint density at radius 2 is 1.79 bits per heavy atom. The van der Waals surface area contributed by atoms with Crippen LogP contribution in [0.1, 0.15) is 29.6 Å². The number of aromatic hydroxyl groups is 1. The van der Waals surface area contributed by atoms with Gasteiger partial charge in [-0.2, -0.15) is 0 Å². The number of carbonyl (C=O) groups is 1. The molecule has 24 heavy (non-hydrogen) atoms. The van der Waals surface area contributed by atoms with E-state index in [9.17, 15) is 19.5 Å². The fourth-order valence-corrected chi connectivity index (χ4v) is 3.07. The molecule has 1 aliphatic rings. The van der Waals surface area contributed by atoms with Gasteiger partial charge in [0.25, 0.3) is 5.56 Å². The number of carboxylic acid groups (broad SMARTS) is 1. The standard InChI is InChI=1S/C16H19N3O5/c20-13-11(16(23)24)10-19-9-8-18(15(22)12(19)14(13)21)7-6-17-4-2-1-3-5-17/h8-10,21H,1-7H2,(H,23,24). The van der Waals surface area contributed by atoms with Gasteiger partial charge >= 0.3 is 5.97 Å². The van der Waals surface area contributed by atoms with Crippen molar-refractivity contribution in [1.82, 2.24) is 13.9 Å². The number of aromatic carboxylic acids is 1. The van der Waals surface area contributed by atoms with Crippen LogP contribution >= 0.6 is 0 Å². The van der Waals surface area contributed by atoms with Gasteiger partial charge < -0.3 is 24.1 Å². The van der Waals surface area contributed by atoms with Gasteiger partial charge in [-0.25, -0.2) is 4.79 Å². The molecule has 0 saturated carbocycles. The van der Waals surface area contributed by atoms with Crippen molar-refractivity contribution in [2.45, 2.75) is 25.8 Å². The Hall–Kier alpha value is -2.61. The lowest BCUT2D eigenvalue weighted by molar-refractivity contribution is 0.0694. The Labute approximate surface area is 137 Å².